The van der Waals surface area contributed by atoms with Crippen LogP contribution in [0, 0.1) is 0 Å². The number of hydrogen-bond acceptors (Lipinski definition) is 3. The van der Waals surface area contributed by atoms with Crippen molar-refractivity contribution in [2.45, 2.75) is 64.8 Å². The molecule has 1 aliphatic carbocycles. The van der Waals surface area contributed by atoms with Crippen LogP contribution in [-0.2, 0) is 22.6 Å². The van der Waals surface area contributed by atoms with E-state index in [0.717, 1.165) is 60.1 Å². The smallest absolute Gasteiger partial charge is 0.216 e. The lowest BCUT2D eigenvalue weighted by Crippen LogP contribution is -2.30. The number of ether oxygens (including phenoxy) is 2. The van der Waals surface area contributed by atoms with Gasteiger partial charge in [0.15, 0.2) is 0 Å². The predicted molar refractivity (Wildman–Crippen MR) is 147 cm³/mol. The van der Waals surface area contributed by atoms with Gasteiger partial charge in [0.05, 0.1) is 12.7 Å². The lowest BCUT2D eigenvalue weighted by molar-refractivity contribution is -0.118. The second-order valence-electron chi connectivity index (χ2n) is 9.74. The standard InChI is InChI=1S/C32H37NO3/c1-23(2)27-11-7-12-28(19-27)32-21-31(16-15-26(32)17-18-33-24(3)34)36-30-14-8-13-29(20-30)35-22-25-9-5-4-6-10-25/h4-7,9-12,15-16,19,21,29-30H,1,8,13-14,17-18,20,22H2,2-3H3,(H,33,34). The molecular weight excluding hydrogens is 446 g/mol. The first kappa shape index (κ1) is 25.7. The summed E-state index contributed by atoms with van der Waals surface area (Å²) >= 11 is 0. The van der Waals surface area contributed by atoms with E-state index in [4.69, 9.17) is 9.47 Å². The number of hydrogen-bond donors (Lipinski definition) is 1. The van der Waals surface area contributed by atoms with Gasteiger partial charge in [0.2, 0.25) is 5.91 Å². The van der Waals surface area contributed by atoms with E-state index in [2.05, 4.69) is 78.6 Å². The molecule has 2 atom stereocenters. The van der Waals surface area contributed by atoms with Gasteiger partial charge in [-0.3, -0.25) is 4.79 Å². The van der Waals surface area contributed by atoms with Crippen molar-refractivity contribution in [2.24, 2.45) is 0 Å². The average molecular weight is 484 g/mol. The van der Waals surface area contributed by atoms with Crippen LogP contribution in [0.2, 0.25) is 0 Å². The van der Waals surface area contributed by atoms with E-state index in [1.165, 1.54) is 11.1 Å². The van der Waals surface area contributed by atoms with E-state index >= 15 is 0 Å². The molecule has 1 saturated carbocycles. The van der Waals surface area contributed by atoms with Crippen LogP contribution in [0.25, 0.3) is 16.7 Å². The molecule has 1 amide bonds. The highest BCUT2D eigenvalue weighted by Gasteiger charge is 2.24. The maximum atomic E-state index is 11.4. The molecule has 0 heterocycles. The van der Waals surface area contributed by atoms with Crippen LogP contribution < -0.4 is 10.1 Å². The van der Waals surface area contributed by atoms with Crippen LogP contribution in [0.1, 0.15) is 56.2 Å². The van der Waals surface area contributed by atoms with Gasteiger partial charge in [-0.25, -0.2) is 0 Å². The second kappa shape index (κ2) is 12.5. The van der Waals surface area contributed by atoms with E-state index < -0.39 is 0 Å². The Morgan fingerprint density at radius 3 is 2.56 bits per heavy atom. The number of nitrogens with one attached hydrogen (secondary N) is 1. The molecule has 36 heavy (non-hydrogen) atoms. The minimum Gasteiger partial charge on any atom is -0.490 e. The van der Waals surface area contributed by atoms with Gasteiger partial charge in [0.1, 0.15) is 11.9 Å². The molecule has 0 spiro atoms. The second-order valence-corrected chi connectivity index (χ2v) is 9.74. The first-order valence-electron chi connectivity index (χ1n) is 12.9. The third kappa shape index (κ3) is 7.32. The molecule has 1 aliphatic rings. The largest absolute Gasteiger partial charge is 0.490 e. The van der Waals surface area contributed by atoms with E-state index in [0.29, 0.717) is 13.2 Å². The molecule has 0 aromatic heterocycles. The van der Waals surface area contributed by atoms with E-state index in [1.54, 1.807) is 6.92 Å². The summed E-state index contributed by atoms with van der Waals surface area (Å²) in [5, 5.41) is 2.91. The van der Waals surface area contributed by atoms with Gasteiger partial charge in [-0.1, -0.05) is 66.7 Å². The van der Waals surface area contributed by atoms with Crippen molar-refractivity contribution in [1.29, 1.82) is 0 Å². The molecule has 4 nitrogen and oxygen atoms in total. The van der Waals surface area contributed by atoms with Gasteiger partial charge in [0.25, 0.3) is 0 Å². The SMILES string of the molecule is C=C(C)c1cccc(-c2cc(OC3CCCC(OCc4ccccc4)C3)ccc2CCNC(C)=O)c1. The Labute approximate surface area is 215 Å². The number of amides is 1. The zero-order valence-corrected chi connectivity index (χ0v) is 21.5. The highest BCUT2D eigenvalue weighted by Crippen LogP contribution is 2.32. The fourth-order valence-corrected chi connectivity index (χ4v) is 4.78. The molecule has 0 bridgehead atoms. The minimum absolute atomic E-state index is 0.0119. The Balaban J connectivity index is 1.48. The highest BCUT2D eigenvalue weighted by atomic mass is 16.5. The van der Waals surface area contributed by atoms with Crippen LogP contribution >= 0.6 is 0 Å². The molecule has 1 fully saturated rings. The third-order valence-corrected chi connectivity index (χ3v) is 6.73. The predicted octanol–water partition coefficient (Wildman–Crippen LogP) is 6.97. The zero-order valence-electron chi connectivity index (χ0n) is 21.5. The molecule has 188 valence electrons. The fourth-order valence-electron chi connectivity index (χ4n) is 4.78. The Morgan fingerprint density at radius 1 is 0.972 bits per heavy atom. The summed E-state index contributed by atoms with van der Waals surface area (Å²) in [6.07, 6.45) is 5.23. The summed E-state index contributed by atoms with van der Waals surface area (Å²) in [7, 11) is 0. The van der Waals surface area contributed by atoms with Crippen LogP contribution in [0.15, 0.2) is 79.4 Å². The van der Waals surface area contributed by atoms with Crippen molar-refractivity contribution in [1.82, 2.24) is 5.32 Å². The van der Waals surface area contributed by atoms with E-state index in [-0.39, 0.29) is 18.1 Å². The normalized spacial score (nSPS) is 17.4. The number of allylic oxidation sites excluding steroid dienone is 1. The summed E-state index contributed by atoms with van der Waals surface area (Å²) < 4.78 is 12.7. The van der Waals surface area contributed by atoms with Crippen molar-refractivity contribution in [3.05, 3.63) is 96.1 Å². The Morgan fingerprint density at radius 2 is 1.78 bits per heavy atom. The minimum atomic E-state index is -0.0119. The first-order chi connectivity index (χ1) is 17.5. The summed E-state index contributed by atoms with van der Waals surface area (Å²) in [4.78, 5) is 11.4. The molecule has 0 saturated heterocycles. The van der Waals surface area contributed by atoms with Crippen molar-refractivity contribution >= 4 is 11.5 Å². The van der Waals surface area contributed by atoms with Crippen molar-refractivity contribution < 1.29 is 14.3 Å². The molecular formula is C32H37NO3. The van der Waals surface area contributed by atoms with Crippen molar-refractivity contribution in [2.75, 3.05) is 6.54 Å². The van der Waals surface area contributed by atoms with Crippen molar-refractivity contribution in [3.8, 4) is 16.9 Å². The molecule has 2 unspecified atom stereocenters. The molecule has 3 aromatic rings. The Kier molecular flexibility index (Phi) is 8.96. The van der Waals surface area contributed by atoms with Crippen LogP contribution in [-0.4, -0.2) is 24.7 Å². The molecule has 0 aliphatic heterocycles. The lowest BCUT2D eigenvalue weighted by atomic mass is 9.93. The molecule has 4 rings (SSSR count). The monoisotopic (exact) mass is 483 g/mol. The topological polar surface area (TPSA) is 47.6 Å². The average Bonchev–Trinajstić information content (AvgIpc) is 2.89. The van der Waals surface area contributed by atoms with Crippen LogP contribution in [0.3, 0.4) is 0 Å². The maximum absolute atomic E-state index is 11.4. The van der Waals surface area contributed by atoms with Crippen LogP contribution in [0.5, 0.6) is 5.75 Å². The van der Waals surface area contributed by atoms with Gasteiger partial charge >= 0.3 is 0 Å². The lowest BCUT2D eigenvalue weighted by Gasteiger charge is -2.30. The number of carbonyl (C=O) groups is 1. The first-order valence-corrected chi connectivity index (χ1v) is 12.9. The zero-order chi connectivity index (χ0) is 25.3. The summed E-state index contributed by atoms with van der Waals surface area (Å²) in [6.45, 7) is 8.92. The maximum Gasteiger partial charge on any atom is 0.216 e. The molecule has 4 heteroatoms. The third-order valence-electron chi connectivity index (χ3n) is 6.73. The van der Waals surface area contributed by atoms with Crippen molar-refractivity contribution in [3.63, 3.8) is 0 Å². The van der Waals surface area contributed by atoms with Gasteiger partial charge in [-0.2, -0.15) is 0 Å². The number of carbonyl (C=O) groups excluding carboxylic acids is 1. The summed E-state index contributed by atoms with van der Waals surface area (Å²) in [6, 6.07) is 25.1. The fraction of sp³-hybridized carbons (Fsp3) is 0.344. The molecule has 0 radical (unpaired) electrons. The van der Waals surface area contributed by atoms with Crippen LogP contribution in [0.4, 0.5) is 0 Å². The quantitative estimate of drug-likeness (QED) is 0.339. The summed E-state index contributed by atoms with van der Waals surface area (Å²) in [5.41, 5.74) is 6.81. The van der Waals surface area contributed by atoms with Gasteiger partial charge < -0.3 is 14.8 Å². The molecule has 1 N–H and O–H groups in total. The van der Waals surface area contributed by atoms with E-state index in [9.17, 15) is 4.79 Å². The molecule has 3 aromatic carbocycles. The highest BCUT2D eigenvalue weighted by molar-refractivity contribution is 5.75. The number of benzene rings is 3. The van der Waals surface area contributed by atoms with Gasteiger partial charge in [-0.05, 0) is 78.6 Å². The Hall–Kier alpha value is -3.37. The summed E-state index contributed by atoms with van der Waals surface area (Å²) in [5.74, 6) is 0.866. The van der Waals surface area contributed by atoms with E-state index in [1.807, 2.05) is 13.0 Å². The van der Waals surface area contributed by atoms with Gasteiger partial charge in [-0.15, -0.1) is 0 Å². The number of rotatable bonds is 10. The van der Waals surface area contributed by atoms with Gasteiger partial charge in [0, 0.05) is 19.9 Å². The Bertz CT molecular complexity index is 1170.